The summed E-state index contributed by atoms with van der Waals surface area (Å²) in [6.45, 7) is 2.01. The van der Waals surface area contributed by atoms with Crippen molar-refractivity contribution in [1.29, 1.82) is 0 Å². The van der Waals surface area contributed by atoms with Crippen LogP contribution >= 0.6 is 0 Å². The van der Waals surface area contributed by atoms with Gasteiger partial charge in [0.2, 0.25) is 0 Å². The Morgan fingerprint density at radius 3 is 2.55 bits per heavy atom. The van der Waals surface area contributed by atoms with E-state index in [2.05, 4.69) is 15.5 Å². The van der Waals surface area contributed by atoms with Gasteiger partial charge in [0.05, 0.1) is 10.6 Å². The summed E-state index contributed by atoms with van der Waals surface area (Å²) in [6, 6.07) is 22.2. The number of amides is 1. The van der Waals surface area contributed by atoms with Crippen LogP contribution in [0.5, 0.6) is 0 Å². The molecule has 0 aliphatic rings. The number of hydrogen-bond donors (Lipinski definition) is 1. The SMILES string of the molecule is Cc1ccc(-n2nc3ccc(NC(=O)c4ccc(-c5cccc([N+](=O)[O-])c5)o4)cc3n2)cc1. The molecule has 3 aromatic carbocycles. The van der Waals surface area contributed by atoms with Crippen molar-refractivity contribution in [3.05, 3.63) is 100 Å². The Bertz CT molecular complexity index is 1500. The number of nitrogens with one attached hydrogen (secondary N) is 1. The van der Waals surface area contributed by atoms with E-state index in [9.17, 15) is 14.9 Å². The second-order valence-corrected chi connectivity index (χ2v) is 7.45. The molecule has 5 aromatic rings. The van der Waals surface area contributed by atoms with Gasteiger partial charge in [0.25, 0.3) is 11.6 Å². The molecule has 0 aliphatic heterocycles. The Morgan fingerprint density at radius 1 is 0.970 bits per heavy atom. The number of benzene rings is 3. The van der Waals surface area contributed by atoms with Crippen molar-refractivity contribution in [2.24, 2.45) is 0 Å². The largest absolute Gasteiger partial charge is 0.451 e. The Morgan fingerprint density at radius 2 is 1.76 bits per heavy atom. The van der Waals surface area contributed by atoms with E-state index in [0.717, 1.165) is 11.3 Å². The lowest BCUT2D eigenvalue weighted by molar-refractivity contribution is -0.384. The molecule has 5 rings (SSSR count). The molecular formula is C24H17N5O4. The number of carbonyl (C=O) groups excluding carboxylic acids is 1. The van der Waals surface area contributed by atoms with Gasteiger partial charge >= 0.3 is 0 Å². The summed E-state index contributed by atoms with van der Waals surface area (Å²) in [6.07, 6.45) is 0. The van der Waals surface area contributed by atoms with Crippen LogP contribution in [-0.2, 0) is 0 Å². The van der Waals surface area contributed by atoms with Gasteiger partial charge < -0.3 is 9.73 Å². The van der Waals surface area contributed by atoms with Crippen molar-refractivity contribution in [3.8, 4) is 17.0 Å². The number of nitrogens with zero attached hydrogens (tertiary/aromatic N) is 4. The molecule has 0 atom stereocenters. The van der Waals surface area contributed by atoms with Crippen LogP contribution in [0.2, 0.25) is 0 Å². The number of fused-ring (bicyclic) bond motifs is 1. The first-order chi connectivity index (χ1) is 16.0. The first kappa shape index (κ1) is 20.1. The Labute approximate surface area is 187 Å². The van der Waals surface area contributed by atoms with E-state index in [1.807, 2.05) is 31.2 Å². The third kappa shape index (κ3) is 4.07. The standard InChI is InChI=1S/C24H17N5O4/c1-15-5-8-18(9-6-15)28-26-20-10-7-17(14-21(20)27-28)25-24(30)23-12-11-22(33-23)16-3-2-4-19(13-16)29(31)32/h2-14H,1H3,(H,25,30). The van der Waals surface area contributed by atoms with Gasteiger partial charge in [0.15, 0.2) is 5.76 Å². The van der Waals surface area contributed by atoms with Gasteiger partial charge in [-0.2, -0.15) is 4.80 Å². The smallest absolute Gasteiger partial charge is 0.291 e. The molecule has 0 bridgehead atoms. The number of aromatic nitrogens is 3. The number of furan rings is 1. The van der Waals surface area contributed by atoms with E-state index in [1.165, 1.54) is 18.2 Å². The van der Waals surface area contributed by atoms with Gasteiger partial charge in [-0.1, -0.05) is 29.8 Å². The lowest BCUT2D eigenvalue weighted by atomic mass is 10.1. The Kier molecular flexibility index (Phi) is 4.91. The van der Waals surface area contributed by atoms with E-state index in [0.29, 0.717) is 28.0 Å². The highest BCUT2D eigenvalue weighted by atomic mass is 16.6. The summed E-state index contributed by atoms with van der Waals surface area (Å²) in [5, 5.41) is 22.7. The van der Waals surface area contributed by atoms with Crippen molar-refractivity contribution in [2.75, 3.05) is 5.32 Å². The average Bonchev–Trinajstić information content (AvgIpc) is 3.47. The fraction of sp³-hybridized carbons (Fsp3) is 0.0417. The van der Waals surface area contributed by atoms with Gasteiger partial charge in [0, 0.05) is 23.4 Å². The molecule has 1 amide bonds. The molecule has 0 saturated heterocycles. The first-order valence-electron chi connectivity index (χ1n) is 10.1. The van der Waals surface area contributed by atoms with E-state index < -0.39 is 10.8 Å². The Hall–Kier alpha value is -4.79. The summed E-state index contributed by atoms with van der Waals surface area (Å²) in [5.74, 6) is -0.00258. The summed E-state index contributed by atoms with van der Waals surface area (Å²) in [5.41, 5.74) is 4.30. The van der Waals surface area contributed by atoms with E-state index in [1.54, 1.807) is 41.2 Å². The predicted octanol–water partition coefficient (Wildman–Crippen LogP) is 5.15. The average molecular weight is 439 g/mol. The highest BCUT2D eigenvalue weighted by Gasteiger charge is 2.15. The van der Waals surface area contributed by atoms with Crippen LogP contribution in [-0.4, -0.2) is 25.8 Å². The minimum absolute atomic E-state index is 0.0538. The molecule has 0 aliphatic carbocycles. The number of aryl methyl sites for hydroxylation is 1. The summed E-state index contributed by atoms with van der Waals surface area (Å²) >= 11 is 0. The lowest BCUT2D eigenvalue weighted by Crippen LogP contribution is -2.10. The quantitative estimate of drug-likeness (QED) is 0.299. The third-order valence-corrected chi connectivity index (χ3v) is 5.07. The van der Waals surface area contributed by atoms with E-state index in [4.69, 9.17) is 4.42 Å². The maximum atomic E-state index is 12.7. The molecule has 162 valence electrons. The van der Waals surface area contributed by atoms with Crippen LogP contribution in [0, 0.1) is 17.0 Å². The zero-order valence-electron chi connectivity index (χ0n) is 17.4. The number of hydrogen-bond acceptors (Lipinski definition) is 6. The van der Waals surface area contributed by atoms with Crippen molar-refractivity contribution in [2.45, 2.75) is 6.92 Å². The second kappa shape index (κ2) is 8.04. The second-order valence-electron chi connectivity index (χ2n) is 7.45. The van der Waals surface area contributed by atoms with Gasteiger partial charge in [0.1, 0.15) is 16.8 Å². The third-order valence-electron chi connectivity index (χ3n) is 5.07. The molecule has 0 fully saturated rings. The number of nitro groups is 1. The number of anilines is 1. The molecule has 0 unspecified atom stereocenters. The number of non-ortho nitro benzene ring substituents is 1. The fourth-order valence-electron chi connectivity index (χ4n) is 3.37. The zero-order chi connectivity index (χ0) is 22.9. The van der Waals surface area contributed by atoms with Crippen LogP contribution < -0.4 is 5.32 Å². The highest BCUT2D eigenvalue weighted by Crippen LogP contribution is 2.26. The van der Waals surface area contributed by atoms with Crippen LogP contribution in [0.15, 0.2) is 83.3 Å². The van der Waals surface area contributed by atoms with Crippen molar-refractivity contribution in [3.63, 3.8) is 0 Å². The van der Waals surface area contributed by atoms with Crippen molar-refractivity contribution >= 4 is 28.3 Å². The molecule has 0 radical (unpaired) electrons. The van der Waals surface area contributed by atoms with Crippen LogP contribution in [0.25, 0.3) is 28.0 Å². The maximum absolute atomic E-state index is 12.7. The molecule has 0 spiro atoms. The molecule has 2 heterocycles. The molecule has 9 heteroatoms. The minimum atomic E-state index is -0.481. The van der Waals surface area contributed by atoms with Crippen LogP contribution in [0.3, 0.4) is 0 Å². The van der Waals surface area contributed by atoms with Crippen LogP contribution in [0.1, 0.15) is 16.1 Å². The van der Waals surface area contributed by atoms with Gasteiger partial charge in [-0.15, -0.1) is 10.2 Å². The molecule has 33 heavy (non-hydrogen) atoms. The first-order valence-corrected chi connectivity index (χ1v) is 10.1. The van der Waals surface area contributed by atoms with E-state index in [-0.39, 0.29) is 11.4 Å². The summed E-state index contributed by atoms with van der Waals surface area (Å²) < 4.78 is 5.63. The lowest BCUT2D eigenvalue weighted by Gasteiger charge is -2.02. The van der Waals surface area contributed by atoms with Gasteiger partial charge in [-0.25, -0.2) is 0 Å². The molecule has 9 nitrogen and oxygen atoms in total. The fourth-order valence-corrected chi connectivity index (χ4v) is 3.37. The number of carbonyl (C=O) groups is 1. The summed E-state index contributed by atoms with van der Waals surface area (Å²) in [4.78, 5) is 24.7. The maximum Gasteiger partial charge on any atom is 0.291 e. The molecule has 2 aromatic heterocycles. The Balaban J connectivity index is 1.35. The number of nitro benzene ring substituents is 1. The van der Waals surface area contributed by atoms with E-state index >= 15 is 0 Å². The summed E-state index contributed by atoms with van der Waals surface area (Å²) in [7, 11) is 0. The molecule has 1 N–H and O–H groups in total. The van der Waals surface area contributed by atoms with Gasteiger partial charge in [-0.3, -0.25) is 14.9 Å². The van der Waals surface area contributed by atoms with Gasteiger partial charge in [-0.05, 0) is 49.4 Å². The normalized spacial score (nSPS) is 10.9. The van der Waals surface area contributed by atoms with Crippen molar-refractivity contribution < 1.29 is 14.1 Å². The monoisotopic (exact) mass is 439 g/mol. The predicted molar refractivity (Wildman–Crippen MR) is 122 cm³/mol. The highest BCUT2D eigenvalue weighted by molar-refractivity contribution is 6.03. The van der Waals surface area contributed by atoms with Crippen LogP contribution in [0.4, 0.5) is 11.4 Å². The number of rotatable bonds is 5. The minimum Gasteiger partial charge on any atom is -0.451 e. The van der Waals surface area contributed by atoms with Crippen molar-refractivity contribution in [1.82, 2.24) is 15.0 Å². The molecule has 0 saturated carbocycles. The zero-order valence-corrected chi connectivity index (χ0v) is 17.4. The molecular weight excluding hydrogens is 422 g/mol. The topological polar surface area (TPSA) is 116 Å².